The van der Waals surface area contributed by atoms with Crippen molar-refractivity contribution in [1.82, 2.24) is 24.3 Å². The molecule has 11 heteroatoms. The standard InChI is InChI=1S/2C27H19N2.C9H5F3N3.Ir/c2*1-5-13-22(14-6-1)26-27(23-15-7-2-8-16-23)29(25-19-11-4-12-20-25)21-28(26)24-17-9-3-10-18-24;10-9(11,12)8-5-7(14-15-8)6-3-1-2-4-13-6;/h2*1-19H;1-5H;/q3*-1;. The number of hydrogen-bond donors (Lipinski definition) is 0. The number of halogens is 3. The van der Waals surface area contributed by atoms with E-state index in [2.05, 4.69) is 216 Å². The van der Waals surface area contributed by atoms with E-state index in [4.69, 9.17) is 0 Å². The molecular weight excluding hydrogens is 1100 g/mol. The van der Waals surface area contributed by atoms with Crippen LogP contribution in [0.15, 0.2) is 261 Å². The smallest absolute Gasteiger partial charge is 0.431 e. The minimum atomic E-state index is -4.46. The number of hydrogen-bond acceptors (Lipinski definition) is 2. The molecule has 0 amide bonds. The first-order chi connectivity index (χ1) is 35.9. The normalized spacial score (nSPS) is 10.8. The summed E-state index contributed by atoms with van der Waals surface area (Å²) in [6.45, 7) is 0. The maximum absolute atomic E-state index is 12.2. The first kappa shape index (κ1) is 49.9. The van der Waals surface area contributed by atoms with Gasteiger partial charge in [0.1, 0.15) is 5.69 Å². The number of rotatable bonds is 9. The van der Waals surface area contributed by atoms with E-state index in [9.17, 15) is 13.2 Å². The molecule has 4 aromatic heterocycles. The van der Waals surface area contributed by atoms with Crippen LogP contribution < -0.4 is 14.2 Å². The van der Waals surface area contributed by atoms with Crippen molar-refractivity contribution < 1.29 is 42.4 Å². The number of aromatic nitrogens is 7. The summed E-state index contributed by atoms with van der Waals surface area (Å²) in [5.41, 5.74) is 12.5. The molecule has 0 unspecified atom stereocenters. The van der Waals surface area contributed by atoms with Crippen molar-refractivity contribution in [2.75, 3.05) is 0 Å². The molecule has 0 aliphatic carbocycles. The Morgan fingerprint density at radius 3 is 1.16 bits per heavy atom. The van der Waals surface area contributed by atoms with E-state index >= 15 is 0 Å². The number of nitrogens with zero attached hydrogens (tertiary/aromatic N) is 7. The maximum atomic E-state index is 12.2. The van der Waals surface area contributed by atoms with Gasteiger partial charge in [0.2, 0.25) is 0 Å². The molecule has 7 nitrogen and oxygen atoms in total. The predicted octanol–water partition coefficient (Wildman–Crippen LogP) is 13.5. The molecule has 12 rings (SSSR count). The predicted molar refractivity (Wildman–Crippen MR) is 277 cm³/mol. The average Bonchev–Trinajstić information content (AvgIpc) is 4.24. The van der Waals surface area contributed by atoms with Gasteiger partial charge in [-0.1, -0.05) is 169 Å². The van der Waals surface area contributed by atoms with Crippen LogP contribution in [-0.4, -0.2) is 19.2 Å². The third-order valence-electron chi connectivity index (χ3n) is 11.6. The van der Waals surface area contributed by atoms with Gasteiger partial charge in [0.25, 0.3) is 12.7 Å². The topological polar surface area (TPSA) is 57.5 Å². The molecule has 363 valence electrons. The average molecular weight is 1150 g/mol. The van der Waals surface area contributed by atoms with Crippen LogP contribution in [0.1, 0.15) is 5.69 Å². The van der Waals surface area contributed by atoms with Crippen LogP contribution in [0.4, 0.5) is 13.2 Å². The summed E-state index contributed by atoms with van der Waals surface area (Å²) in [6, 6.07) is 91.2. The number of pyridine rings is 1. The molecule has 0 aliphatic heterocycles. The Labute approximate surface area is 441 Å². The van der Waals surface area contributed by atoms with Gasteiger partial charge in [0.05, 0.1) is 34.2 Å². The van der Waals surface area contributed by atoms with E-state index in [1.807, 2.05) is 72.8 Å². The second-order valence-electron chi connectivity index (χ2n) is 16.4. The van der Waals surface area contributed by atoms with Crippen LogP contribution in [0.2, 0.25) is 0 Å². The molecule has 0 spiro atoms. The van der Waals surface area contributed by atoms with E-state index in [-0.39, 0.29) is 25.8 Å². The van der Waals surface area contributed by atoms with Crippen molar-refractivity contribution in [2.24, 2.45) is 0 Å². The van der Waals surface area contributed by atoms with E-state index in [0.29, 0.717) is 5.69 Å². The molecule has 0 saturated heterocycles. The van der Waals surface area contributed by atoms with Gasteiger partial charge in [-0.05, 0) is 76.1 Å². The number of para-hydroxylation sites is 4. The molecule has 0 atom stereocenters. The zero-order valence-electron chi connectivity index (χ0n) is 39.4. The summed E-state index contributed by atoms with van der Waals surface area (Å²) in [5, 5.41) is 6.47. The van der Waals surface area contributed by atoms with Gasteiger partial charge in [-0.25, -0.2) is 0 Å². The maximum Gasteiger partial charge on any atom is 0.431 e. The minimum Gasteiger partial charge on any atom is -0.573 e. The van der Waals surface area contributed by atoms with Crippen LogP contribution in [0.5, 0.6) is 0 Å². The van der Waals surface area contributed by atoms with Crippen LogP contribution in [-0.2, 0) is 26.3 Å². The van der Waals surface area contributed by atoms with Crippen molar-refractivity contribution in [1.29, 1.82) is 0 Å². The fraction of sp³-hybridized carbons (Fsp3) is 0.0159. The summed E-state index contributed by atoms with van der Waals surface area (Å²) in [7, 11) is 0. The Kier molecular flexibility index (Phi) is 15.8. The van der Waals surface area contributed by atoms with Crippen LogP contribution in [0.25, 0.3) is 79.2 Å². The van der Waals surface area contributed by atoms with Gasteiger partial charge in [0.15, 0.2) is 0 Å². The SMILES string of the molecule is FC(F)(F)c1cc(-c2ccccn2)[n-]n1.[Ir].[c-]1ccccc1-n1[c-][n+](-c2ccccc2)c(-c2ccccc2)c1-c1ccccc1.[c-]1ccccc1-n1[c-][n+](-c2ccccc2)c(-c2ccccc2)c1-c1ccccc1. The molecule has 0 aliphatic rings. The summed E-state index contributed by atoms with van der Waals surface area (Å²) in [5.74, 6) is 0. The Bertz CT molecular complexity index is 3220. The fourth-order valence-electron chi connectivity index (χ4n) is 8.27. The zero-order valence-corrected chi connectivity index (χ0v) is 41.8. The summed E-state index contributed by atoms with van der Waals surface area (Å²) >= 11 is 0. The summed E-state index contributed by atoms with van der Waals surface area (Å²) < 4.78 is 45.1. The van der Waals surface area contributed by atoms with Crippen LogP contribution >= 0.6 is 0 Å². The van der Waals surface area contributed by atoms with Crippen molar-refractivity contribution in [3.63, 3.8) is 0 Å². The minimum absolute atomic E-state index is 0. The van der Waals surface area contributed by atoms with Gasteiger partial charge in [-0.2, -0.15) is 73.8 Å². The van der Waals surface area contributed by atoms with E-state index in [0.717, 1.165) is 73.8 Å². The number of alkyl halides is 3. The monoisotopic (exact) mass is 1150 g/mol. The van der Waals surface area contributed by atoms with Crippen molar-refractivity contribution in [3.05, 3.63) is 291 Å². The third kappa shape index (κ3) is 11.4. The second-order valence-corrected chi connectivity index (χ2v) is 16.4. The van der Waals surface area contributed by atoms with Gasteiger partial charge in [0, 0.05) is 32.0 Å². The van der Waals surface area contributed by atoms with Gasteiger partial charge >= 0.3 is 6.18 Å². The van der Waals surface area contributed by atoms with Crippen molar-refractivity contribution >= 4 is 0 Å². The molecule has 0 bridgehead atoms. The second kappa shape index (κ2) is 23.5. The Balaban J connectivity index is 0.000000143. The van der Waals surface area contributed by atoms with Crippen LogP contribution in [0.3, 0.4) is 0 Å². The molecule has 74 heavy (non-hydrogen) atoms. The van der Waals surface area contributed by atoms with E-state index in [1.54, 1.807) is 18.2 Å². The number of benzene rings is 8. The summed E-state index contributed by atoms with van der Waals surface area (Å²) in [6.07, 6.45) is 4.19. The molecule has 0 saturated carbocycles. The number of imidazole rings is 2. The Morgan fingerprint density at radius 1 is 0.432 bits per heavy atom. The van der Waals surface area contributed by atoms with Crippen LogP contribution in [0, 0.1) is 24.8 Å². The van der Waals surface area contributed by atoms with Crippen molar-refractivity contribution in [3.8, 4) is 79.2 Å². The Hall–Kier alpha value is -9.02. The first-order valence-corrected chi connectivity index (χ1v) is 23.4. The Morgan fingerprint density at radius 2 is 0.811 bits per heavy atom. The molecule has 4 heterocycles. The van der Waals surface area contributed by atoms with Gasteiger partial charge in [-0.3, -0.25) is 14.1 Å². The van der Waals surface area contributed by atoms with Gasteiger partial charge in [-0.15, -0.1) is 0 Å². The van der Waals surface area contributed by atoms with E-state index < -0.39 is 11.9 Å². The third-order valence-corrected chi connectivity index (χ3v) is 11.6. The quantitative estimate of drug-likeness (QED) is 0.107. The fourth-order valence-corrected chi connectivity index (χ4v) is 8.27. The van der Waals surface area contributed by atoms with Crippen molar-refractivity contribution in [2.45, 2.75) is 6.18 Å². The summed E-state index contributed by atoms with van der Waals surface area (Å²) in [4.78, 5) is 3.87. The zero-order chi connectivity index (χ0) is 49.8. The first-order valence-electron chi connectivity index (χ1n) is 23.4. The molecule has 8 aromatic carbocycles. The molecule has 0 N–H and O–H groups in total. The molecule has 12 aromatic rings. The van der Waals surface area contributed by atoms with E-state index in [1.165, 1.54) is 6.20 Å². The molecule has 1 radical (unpaired) electrons. The largest absolute Gasteiger partial charge is 0.573 e. The molecule has 0 fully saturated rings. The molecular formula is C63H43F3IrN7-3. The van der Waals surface area contributed by atoms with Gasteiger partial charge < -0.3 is 19.3 Å².